The molecule has 0 spiro atoms. The van der Waals surface area contributed by atoms with Crippen LogP contribution >= 0.6 is 0 Å². The van der Waals surface area contributed by atoms with Crippen LogP contribution in [0.3, 0.4) is 0 Å². The molecule has 4 rings (SSSR count). The van der Waals surface area contributed by atoms with Gasteiger partial charge in [0.2, 0.25) is 15.9 Å². The van der Waals surface area contributed by atoms with Crippen molar-refractivity contribution in [2.45, 2.75) is 30.6 Å². The van der Waals surface area contributed by atoms with E-state index in [1.165, 1.54) is 32.8 Å². The zero-order valence-electron chi connectivity index (χ0n) is 17.8. The van der Waals surface area contributed by atoms with Gasteiger partial charge >= 0.3 is 0 Å². The van der Waals surface area contributed by atoms with E-state index in [4.69, 9.17) is 0 Å². The normalized spacial score (nSPS) is 15.7. The van der Waals surface area contributed by atoms with E-state index in [2.05, 4.69) is 35.6 Å². The lowest BCUT2D eigenvalue weighted by Gasteiger charge is -2.30. The largest absolute Gasteiger partial charge is 0.356 e. The molecule has 1 amide bonds. The van der Waals surface area contributed by atoms with Crippen molar-refractivity contribution in [3.05, 3.63) is 78.1 Å². The van der Waals surface area contributed by atoms with Crippen LogP contribution in [0.2, 0.25) is 0 Å². The van der Waals surface area contributed by atoms with Gasteiger partial charge in [-0.1, -0.05) is 42.5 Å². The van der Waals surface area contributed by atoms with Crippen molar-refractivity contribution in [3.8, 4) is 0 Å². The lowest BCUT2D eigenvalue weighted by atomic mass is 9.97. The number of rotatable bonds is 7. The first-order chi connectivity index (χ1) is 15.4. The van der Waals surface area contributed by atoms with Gasteiger partial charge in [-0.05, 0) is 66.3 Å². The van der Waals surface area contributed by atoms with Gasteiger partial charge in [0.05, 0.1) is 4.90 Å². The second kappa shape index (κ2) is 9.79. The van der Waals surface area contributed by atoms with Crippen molar-refractivity contribution in [2.24, 2.45) is 5.92 Å². The highest BCUT2D eigenvalue weighted by Crippen LogP contribution is 2.24. The number of nitrogens with one attached hydrogen (secondary N) is 1. The van der Waals surface area contributed by atoms with Gasteiger partial charge < -0.3 is 5.32 Å². The van der Waals surface area contributed by atoms with E-state index in [1.54, 1.807) is 0 Å². The zero-order chi connectivity index (χ0) is 22.6. The smallest absolute Gasteiger partial charge is 0.243 e. The predicted molar refractivity (Wildman–Crippen MR) is 123 cm³/mol. The number of hydrogen-bond donors (Lipinski definition) is 1. The molecule has 168 valence electrons. The number of aryl methyl sites for hydroxylation is 1. The van der Waals surface area contributed by atoms with Gasteiger partial charge in [0.25, 0.3) is 0 Å². The molecule has 0 aliphatic carbocycles. The Morgan fingerprint density at radius 1 is 0.969 bits per heavy atom. The molecule has 0 bridgehead atoms. The average molecular weight is 455 g/mol. The minimum Gasteiger partial charge on any atom is -0.356 e. The number of fused-ring (bicyclic) bond motifs is 1. The summed E-state index contributed by atoms with van der Waals surface area (Å²) in [4.78, 5) is 12.6. The van der Waals surface area contributed by atoms with E-state index in [-0.39, 0.29) is 29.8 Å². The molecule has 3 aromatic rings. The van der Waals surface area contributed by atoms with Crippen LogP contribution in [0.15, 0.2) is 71.6 Å². The summed E-state index contributed by atoms with van der Waals surface area (Å²) in [6.07, 6.45) is 2.69. The van der Waals surface area contributed by atoms with Crippen LogP contribution in [0.4, 0.5) is 4.39 Å². The van der Waals surface area contributed by atoms with Crippen LogP contribution < -0.4 is 5.32 Å². The molecule has 1 aliphatic heterocycles. The summed E-state index contributed by atoms with van der Waals surface area (Å²) in [5.74, 6) is -0.672. The molecular weight excluding hydrogens is 427 g/mol. The Morgan fingerprint density at radius 2 is 1.66 bits per heavy atom. The Hall–Kier alpha value is -2.77. The van der Waals surface area contributed by atoms with Gasteiger partial charge in [0, 0.05) is 25.6 Å². The molecule has 0 radical (unpaired) electrons. The van der Waals surface area contributed by atoms with Gasteiger partial charge in [0.1, 0.15) is 5.82 Å². The van der Waals surface area contributed by atoms with E-state index >= 15 is 0 Å². The minimum atomic E-state index is -3.66. The zero-order valence-corrected chi connectivity index (χ0v) is 18.7. The molecule has 0 atom stereocenters. The van der Waals surface area contributed by atoms with Crippen LogP contribution in [0.5, 0.6) is 0 Å². The van der Waals surface area contributed by atoms with Crippen molar-refractivity contribution in [1.82, 2.24) is 9.62 Å². The highest BCUT2D eigenvalue weighted by Gasteiger charge is 2.31. The minimum absolute atomic E-state index is 0.0123. The maximum Gasteiger partial charge on any atom is 0.243 e. The van der Waals surface area contributed by atoms with Crippen molar-refractivity contribution in [3.63, 3.8) is 0 Å². The standard InChI is InChI=1S/C25H27FN2O3S/c26-22-10-12-23(13-11-22)32(30,31)28-17-14-21(15-18-28)25(29)27-16-4-8-20-7-3-6-19-5-1-2-9-24(19)20/h1-3,5-7,9-13,21H,4,8,14-18H2,(H,27,29). The van der Waals surface area contributed by atoms with E-state index < -0.39 is 15.8 Å². The number of nitrogens with zero attached hydrogens (tertiary/aromatic N) is 1. The molecule has 0 unspecified atom stereocenters. The first-order valence-corrected chi connectivity index (χ1v) is 12.4. The third kappa shape index (κ3) is 5.00. The maximum atomic E-state index is 13.1. The van der Waals surface area contributed by atoms with E-state index in [0.29, 0.717) is 19.4 Å². The summed E-state index contributed by atoms with van der Waals surface area (Å²) in [5, 5.41) is 5.48. The van der Waals surface area contributed by atoms with Crippen molar-refractivity contribution in [2.75, 3.05) is 19.6 Å². The predicted octanol–water partition coefficient (Wildman–Crippen LogP) is 4.13. The Kier molecular flexibility index (Phi) is 6.86. The number of benzene rings is 3. The molecule has 1 N–H and O–H groups in total. The SMILES string of the molecule is O=C(NCCCc1cccc2ccccc12)C1CCN(S(=O)(=O)c2ccc(F)cc2)CC1. The lowest BCUT2D eigenvalue weighted by Crippen LogP contribution is -2.43. The lowest BCUT2D eigenvalue weighted by molar-refractivity contribution is -0.126. The van der Waals surface area contributed by atoms with Crippen molar-refractivity contribution < 1.29 is 17.6 Å². The molecule has 0 saturated carbocycles. The Morgan fingerprint density at radius 3 is 2.41 bits per heavy atom. The number of piperidine rings is 1. The van der Waals surface area contributed by atoms with Gasteiger partial charge in [-0.2, -0.15) is 4.31 Å². The van der Waals surface area contributed by atoms with E-state index in [9.17, 15) is 17.6 Å². The summed E-state index contributed by atoms with van der Waals surface area (Å²) in [7, 11) is -3.66. The molecule has 32 heavy (non-hydrogen) atoms. The van der Waals surface area contributed by atoms with Crippen molar-refractivity contribution >= 4 is 26.7 Å². The second-order valence-electron chi connectivity index (χ2n) is 8.17. The third-order valence-electron chi connectivity index (χ3n) is 6.08. The first kappa shape index (κ1) is 22.4. The summed E-state index contributed by atoms with van der Waals surface area (Å²) in [6.45, 7) is 1.16. The summed E-state index contributed by atoms with van der Waals surface area (Å²) in [6, 6.07) is 19.4. The number of sulfonamides is 1. The van der Waals surface area contributed by atoms with Crippen LogP contribution in [-0.2, 0) is 21.2 Å². The average Bonchev–Trinajstić information content (AvgIpc) is 2.82. The number of hydrogen-bond acceptors (Lipinski definition) is 3. The fraction of sp³-hybridized carbons (Fsp3) is 0.320. The number of amides is 1. The van der Waals surface area contributed by atoms with Crippen LogP contribution in [0.25, 0.3) is 10.8 Å². The number of carbonyl (C=O) groups excluding carboxylic acids is 1. The Labute approximate surface area is 188 Å². The highest BCUT2D eigenvalue weighted by molar-refractivity contribution is 7.89. The molecule has 0 aromatic heterocycles. The molecule has 1 saturated heterocycles. The summed E-state index contributed by atoms with van der Waals surface area (Å²) >= 11 is 0. The molecular formula is C25H27FN2O3S. The van der Waals surface area contributed by atoms with Gasteiger partial charge in [-0.15, -0.1) is 0 Å². The monoisotopic (exact) mass is 454 g/mol. The molecule has 1 aliphatic rings. The molecule has 5 nitrogen and oxygen atoms in total. The van der Waals surface area contributed by atoms with Crippen LogP contribution in [-0.4, -0.2) is 38.3 Å². The Bertz CT molecular complexity index is 1180. The van der Waals surface area contributed by atoms with Gasteiger partial charge in [-0.3, -0.25) is 4.79 Å². The summed E-state index contributed by atoms with van der Waals surface area (Å²) < 4.78 is 39.9. The number of carbonyl (C=O) groups is 1. The molecule has 3 aromatic carbocycles. The van der Waals surface area contributed by atoms with Crippen LogP contribution in [0.1, 0.15) is 24.8 Å². The quantitative estimate of drug-likeness (QED) is 0.546. The fourth-order valence-corrected chi connectivity index (χ4v) is 5.73. The second-order valence-corrected chi connectivity index (χ2v) is 10.1. The summed E-state index contributed by atoms with van der Waals surface area (Å²) in [5.41, 5.74) is 1.27. The van der Waals surface area contributed by atoms with Gasteiger partial charge in [-0.25, -0.2) is 12.8 Å². The molecule has 1 fully saturated rings. The number of halogens is 1. The van der Waals surface area contributed by atoms with E-state index in [0.717, 1.165) is 25.0 Å². The maximum absolute atomic E-state index is 13.1. The third-order valence-corrected chi connectivity index (χ3v) is 7.99. The van der Waals surface area contributed by atoms with Crippen molar-refractivity contribution in [1.29, 1.82) is 0 Å². The Balaban J connectivity index is 1.24. The van der Waals surface area contributed by atoms with Gasteiger partial charge in [0.15, 0.2) is 0 Å². The molecule has 7 heteroatoms. The van der Waals surface area contributed by atoms with E-state index in [1.807, 2.05) is 12.1 Å². The van der Waals surface area contributed by atoms with Crippen LogP contribution in [0, 0.1) is 11.7 Å². The highest BCUT2D eigenvalue weighted by atomic mass is 32.2. The topological polar surface area (TPSA) is 66.5 Å². The fourth-order valence-electron chi connectivity index (χ4n) is 4.26. The molecule has 1 heterocycles. The first-order valence-electron chi connectivity index (χ1n) is 11.0.